The lowest BCUT2D eigenvalue weighted by atomic mass is 10.0. The average Bonchev–Trinajstić information content (AvgIpc) is 3.37. The van der Waals surface area contributed by atoms with Crippen molar-refractivity contribution in [1.82, 2.24) is 14.5 Å². The Labute approximate surface area is 160 Å². The van der Waals surface area contributed by atoms with E-state index in [1.807, 2.05) is 56.1 Å². The first-order valence-electron chi connectivity index (χ1n) is 9.83. The number of carbonyl (C=O) groups excluding carboxylic acids is 1. The van der Waals surface area contributed by atoms with Gasteiger partial charge in [-0.2, -0.15) is 0 Å². The van der Waals surface area contributed by atoms with Crippen LogP contribution in [-0.2, 0) is 18.3 Å². The summed E-state index contributed by atoms with van der Waals surface area (Å²) in [6.45, 7) is 5.88. The molecule has 4 rings (SSSR count). The molecule has 2 aromatic rings. The van der Waals surface area contributed by atoms with E-state index in [4.69, 9.17) is 4.74 Å². The zero-order chi connectivity index (χ0) is 19.0. The number of aromatic nitrogens is 2. The number of hydrogen-bond acceptors (Lipinski definition) is 4. The van der Waals surface area contributed by atoms with E-state index in [0.29, 0.717) is 0 Å². The van der Waals surface area contributed by atoms with Crippen molar-refractivity contribution < 1.29 is 9.53 Å². The topological polar surface area (TPSA) is 59.4 Å². The van der Waals surface area contributed by atoms with Crippen LogP contribution in [0.25, 0.3) is 0 Å². The molecule has 0 saturated heterocycles. The van der Waals surface area contributed by atoms with Crippen LogP contribution in [0.2, 0.25) is 0 Å². The van der Waals surface area contributed by atoms with Crippen molar-refractivity contribution in [3.8, 4) is 5.75 Å². The molecule has 27 heavy (non-hydrogen) atoms. The van der Waals surface area contributed by atoms with Crippen LogP contribution < -0.4 is 10.1 Å². The molecular formula is C21H28N4O2. The van der Waals surface area contributed by atoms with Crippen molar-refractivity contribution in [2.45, 2.75) is 45.3 Å². The first-order chi connectivity index (χ1) is 13.0. The van der Waals surface area contributed by atoms with Gasteiger partial charge in [0.05, 0.1) is 23.8 Å². The first kappa shape index (κ1) is 18.0. The summed E-state index contributed by atoms with van der Waals surface area (Å²) in [6, 6.07) is 7.30. The van der Waals surface area contributed by atoms with E-state index in [0.717, 1.165) is 48.3 Å². The molecule has 2 heterocycles. The molecule has 1 aromatic carbocycles. The molecule has 1 saturated carbocycles. The molecule has 1 aliphatic heterocycles. The third kappa shape index (κ3) is 4.00. The summed E-state index contributed by atoms with van der Waals surface area (Å²) in [7, 11) is 1.98. The fraction of sp³-hybridized carbons (Fsp3) is 0.524. The second-order valence-corrected chi connectivity index (χ2v) is 7.96. The maximum absolute atomic E-state index is 13.2. The Balaban J connectivity index is 1.53. The second-order valence-electron chi connectivity index (χ2n) is 7.96. The van der Waals surface area contributed by atoms with Gasteiger partial charge in [-0.25, -0.2) is 4.98 Å². The van der Waals surface area contributed by atoms with Crippen molar-refractivity contribution in [2.75, 3.05) is 18.4 Å². The summed E-state index contributed by atoms with van der Waals surface area (Å²) >= 11 is 0. The molecule has 0 unspecified atom stereocenters. The Morgan fingerprint density at radius 3 is 2.70 bits per heavy atom. The normalized spacial score (nSPS) is 19.8. The lowest BCUT2D eigenvalue weighted by Crippen LogP contribution is -2.43. The monoisotopic (exact) mass is 368 g/mol. The van der Waals surface area contributed by atoms with Gasteiger partial charge in [0.15, 0.2) is 0 Å². The van der Waals surface area contributed by atoms with E-state index in [2.05, 4.69) is 15.2 Å². The number of aryl methyl sites for hydroxylation is 1. The number of rotatable bonds is 6. The predicted octanol–water partition coefficient (Wildman–Crippen LogP) is 3.16. The molecule has 1 N–H and O–H groups in total. The van der Waals surface area contributed by atoms with Gasteiger partial charge in [0, 0.05) is 32.2 Å². The van der Waals surface area contributed by atoms with Crippen LogP contribution in [0.15, 0.2) is 30.6 Å². The van der Waals surface area contributed by atoms with Crippen LogP contribution in [0.1, 0.15) is 44.1 Å². The summed E-state index contributed by atoms with van der Waals surface area (Å²) in [6.07, 6.45) is 5.42. The van der Waals surface area contributed by atoms with Gasteiger partial charge in [0.2, 0.25) is 5.91 Å². The first-order valence-corrected chi connectivity index (χ1v) is 9.83. The standard InChI is InChI=1S/C21H28N4O2/c1-14(2)27-17-8-6-16(7-9-17)23-21(26)20-19-18(22-13-24(19)3)10-11-25(20)12-15-4-5-15/h6-9,13-15,20H,4-5,10-12H2,1-3H3,(H,23,26)/t20-/m1/s1. The molecule has 1 aliphatic carbocycles. The highest BCUT2D eigenvalue weighted by Crippen LogP contribution is 2.36. The number of fused-ring (bicyclic) bond motifs is 1. The van der Waals surface area contributed by atoms with Crippen molar-refractivity contribution in [3.05, 3.63) is 42.0 Å². The molecule has 1 aromatic heterocycles. The third-order valence-corrected chi connectivity index (χ3v) is 5.25. The Kier molecular flexibility index (Phi) is 4.91. The number of anilines is 1. The van der Waals surface area contributed by atoms with Gasteiger partial charge in [-0.3, -0.25) is 9.69 Å². The highest BCUT2D eigenvalue weighted by Gasteiger charge is 2.38. The molecule has 0 radical (unpaired) electrons. The number of hydrogen-bond donors (Lipinski definition) is 1. The van der Waals surface area contributed by atoms with E-state index in [9.17, 15) is 4.79 Å². The van der Waals surface area contributed by atoms with Crippen molar-refractivity contribution in [1.29, 1.82) is 0 Å². The minimum absolute atomic E-state index is 0.0118. The summed E-state index contributed by atoms with van der Waals surface area (Å²) in [4.78, 5) is 20.1. The molecule has 2 aliphatic rings. The number of nitrogens with zero attached hydrogens (tertiary/aromatic N) is 3. The molecule has 1 fully saturated rings. The van der Waals surface area contributed by atoms with E-state index in [-0.39, 0.29) is 18.1 Å². The van der Waals surface area contributed by atoms with Crippen molar-refractivity contribution >= 4 is 11.6 Å². The van der Waals surface area contributed by atoms with E-state index in [1.54, 1.807) is 0 Å². The fourth-order valence-electron chi connectivity index (χ4n) is 3.80. The van der Waals surface area contributed by atoms with Crippen molar-refractivity contribution in [2.24, 2.45) is 13.0 Å². The number of imidazole rings is 1. The van der Waals surface area contributed by atoms with Crippen LogP contribution in [0.3, 0.4) is 0 Å². The summed E-state index contributed by atoms with van der Waals surface area (Å²) in [5.41, 5.74) is 2.86. The molecule has 1 atom stereocenters. The zero-order valence-corrected chi connectivity index (χ0v) is 16.3. The van der Waals surface area contributed by atoms with Gasteiger partial charge in [-0.05, 0) is 56.9 Å². The Morgan fingerprint density at radius 2 is 2.04 bits per heavy atom. The van der Waals surface area contributed by atoms with E-state index >= 15 is 0 Å². The van der Waals surface area contributed by atoms with E-state index in [1.165, 1.54) is 12.8 Å². The maximum Gasteiger partial charge on any atom is 0.247 e. The summed E-state index contributed by atoms with van der Waals surface area (Å²) in [5, 5.41) is 3.10. The molecule has 0 spiro atoms. The smallest absolute Gasteiger partial charge is 0.247 e. The van der Waals surface area contributed by atoms with Crippen LogP contribution in [0, 0.1) is 5.92 Å². The Morgan fingerprint density at radius 1 is 1.30 bits per heavy atom. The van der Waals surface area contributed by atoms with Gasteiger partial charge >= 0.3 is 0 Å². The third-order valence-electron chi connectivity index (χ3n) is 5.25. The minimum atomic E-state index is -0.284. The Bertz CT molecular complexity index is 808. The fourth-order valence-corrected chi connectivity index (χ4v) is 3.80. The lowest BCUT2D eigenvalue weighted by molar-refractivity contribution is -0.122. The minimum Gasteiger partial charge on any atom is -0.491 e. The molecule has 1 amide bonds. The van der Waals surface area contributed by atoms with Gasteiger partial charge in [0.25, 0.3) is 0 Å². The quantitative estimate of drug-likeness (QED) is 0.851. The number of nitrogens with one attached hydrogen (secondary N) is 1. The SMILES string of the molecule is CC(C)Oc1ccc(NC(=O)[C@H]2c3c(ncn3C)CCN2CC2CC2)cc1. The molecule has 6 heteroatoms. The van der Waals surface area contributed by atoms with Gasteiger partial charge < -0.3 is 14.6 Å². The second kappa shape index (κ2) is 7.35. The predicted molar refractivity (Wildman–Crippen MR) is 105 cm³/mol. The summed E-state index contributed by atoms with van der Waals surface area (Å²) < 4.78 is 7.68. The number of ether oxygens (including phenoxy) is 1. The largest absolute Gasteiger partial charge is 0.491 e. The summed E-state index contributed by atoms with van der Waals surface area (Å²) in [5.74, 6) is 1.56. The molecule has 144 valence electrons. The highest BCUT2D eigenvalue weighted by atomic mass is 16.5. The van der Waals surface area contributed by atoms with Crippen LogP contribution in [0.4, 0.5) is 5.69 Å². The average molecular weight is 368 g/mol. The van der Waals surface area contributed by atoms with Gasteiger partial charge in [-0.15, -0.1) is 0 Å². The van der Waals surface area contributed by atoms with Gasteiger partial charge in [0.1, 0.15) is 11.8 Å². The van der Waals surface area contributed by atoms with Crippen LogP contribution in [-0.4, -0.2) is 39.6 Å². The zero-order valence-electron chi connectivity index (χ0n) is 16.3. The van der Waals surface area contributed by atoms with Crippen molar-refractivity contribution in [3.63, 3.8) is 0 Å². The number of benzene rings is 1. The van der Waals surface area contributed by atoms with Crippen LogP contribution in [0.5, 0.6) is 5.75 Å². The lowest BCUT2D eigenvalue weighted by Gasteiger charge is -2.35. The Hall–Kier alpha value is -2.34. The highest BCUT2D eigenvalue weighted by molar-refractivity contribution is 5.95. The number of carbonyl (C=O) groups is 1. The van der Waals surface area contributed by atoms with Gasteiger partial charge in [-0.1, -0.05) is 0 Å². The molecular weight excluding hydrogens is 340 g/mol. The molecule has 6 nitrogen and oxygen atoms in total. The maximum atomic E-state index is 13.2. The van der Waals surface area contributed by atoms with E-state index < -0.39 is 0 Å². The van der Waals surface area contributed by atoms with Crippen LogP contribution >= 0.6 is 0 Å². The molecule has 0 bridgehead atoms. The number of amides is 1.